The average Bonchev–Trinajstić information content (AvgIpc) is 3.17. The minimum atomic E-state index is -0.0996. The molecule has 6 heteroatoms. The van der Waals surface area contributed by atoms with Gasteiger partial charge in [0.1, 0.15) is 0 Å². The van der Waals surface area contributed by atoms with E-state index >= 15 is 0 Å². The Bertz CT molecular complexity index is 565. The highest BCUT2D eigenvalue weighted by Crippen LogP contribution is 2.18. The van der Waals surface area contributed by atoms with Gasteiger partial charge in [-0.05, 0) is 39.7 Å². The van der Waals surface area contributed by atoms with Crippen molar-refractivity contribution in [2.24, 2.45) is 0 Å². The molecule has 1 aromatic rings. The summed E-state index contributed by atoms with van der Waals surface area (Å²) in [5, 5.41) is 7.73. The number of hydrogen-bond donors (Lipinski definition) is 1. The third-order valence-electron chi connectivity index (χ3n) is 5.28. The van der Waals surface area contributed by atoms with E-state index in [1.165, 1.54) is 12.8 Å². The standard InChI is InChI=1S/C18H30N4O2/c1-13-10-14(2)22(20-13)12-17-11-21(8-9-24-17)15(3)18(23)19-16-6-4-5-7-16/h10,15-17H,4-9,11-12H2,1-3H3,(H,19,23)/t15-,17-/m0/s1. The summed E-state index contributed by atoms with van der Waals surface area (Å²) in [5.41, 5.74) is 2.18. The Hall–Kier alpha value is -1.40. The van der Waals surface area contributed by atoms with Crippen LogP contribution in [0.2, 0.25) is 0 Å². The van der Waals surface area contributed by atoms with E-state index in [1.54, 1.807) is 0 Å². The quantitative estimate of drug-likeness (QED) is 0.889. The van der Waals surface area contributed by atoms with Crippen molar-refractivity contribution in [2.75, 3.05) is 19.7 Å². The fraction of sp³-hybridized carbons (Fsp3) is 0.778. The van der Waals surface area contributed by atoms with Crippen molar-refractivity contribution in [3.8, 4) is 0 Å². The van der Waals surface area contributed by atoms with Crippen molar-refractivity contribution < 1.29 is 9.53 Å². The monoisotopic (exact) mass is 334 g/mol. The Morgan fingerprint density at radius 2 is 2.17 bits per heavy atom. The zero-order valence-electron chi connectivity index (χ0n) is 15.1. The number of ether oxygens (including phenoxy) is 1. The van der Waals surface area contributed by atoms with E-state index in [2.05, 4.69) is 28.3 Å². The Morgan fingerprint density at radius 1 is 1.42 bits per heavy atom. The van der Waals surface area contributed by atoms with Gasteiger partial charge in [-0.25, -0.2) is 0 Å². The molecule has 134 valence electrons. The molecule has 0 aromatic carbocycles. The third-order valence-corrected chi connectivity index (χ3v) is 5.28. The Kier molecular flexibility index (Phi) is 5.56. The largest absolute Gasteiger partial charge is 0.374 e. The SMILES string of the molecule is Cc1cc(C)n(C[C@@H]2CN([C@@H](C)C(=O)NC3CCCC3)CCO2)n1. The van der Waals surface area contributed by atoms with Crippen LogP contribution in [0, 0.1) is 13.8 Å². The predicted octanol–water partition coefficient (Wildman–Crippen LogP) is 1.65. The highest BCUT2D eigenvalue weighted by atomic mass is 16.5. The molecule has 24 heavy (non-hydrogen) atoms. The molecule has 1 aliphatic heterocycles. The molecule has 1 saturated heterocycles. The van der Waals surface area contributed by atoms with Gasteiger partial charge in [0.2, 0.25) is 5.91 Å². The molecule has 1 aromatic heterocycles. The molecule has 2 atom stereocenters. The maximum Gasteiger partial charge on any atom is 0.237 e. The number of carbonyl (C=O) groups excluding carboxylic acids is 1. The van der Waals surface area contributed by atoms with E-state index in [9.17, 15) is 4.79 Å². The van der Waals surface area contributed by atoms with Crippen LogP contribution in [0.1, 0.15) is 44.0 Å². The maximum atomic E-state index is 12.5. The Labute approximate surface area is 144 Å². The number of aromatic nitrogens is 2. The van der Waals surface area contributed by atoms with E-state index in [4.69, 9.17) is 4.74 Å². The fourth-order valence-corrected chi connectivity index (χ4v) is 3.81. The van der Waals surface area contributed by atoms with Crippen LogP contribution in [0.4, 0.5) is 0 Å². The van der Waals surface area contributed by atoms with Gasteiger partial charge in [0.05, 0.1) is 31.0 Å². The molecule has 1 amide bonds. The lowest BCUT2D eigenvalue weighted by molar-refractivity contribution is -0.130. The highest BCUT2D eigenvalue weighted by Gasteiger charge is 2.29. The van der Waals surface area contributed by atoms with Crippen molar-refractivity contribution in [2.45, 2.75) is 71.2 Å². The van der Waals surface area contributed by atoms with Crippen LogP contribution in [-0.2, 0) is 16.1 Å². The van der Waals surface area contributed by atoms with Gasteiger partial charge in [0, 0.05) is 24.8 Å². The van der Waals surface area contributed by atoms with Crippen LogP contribution in [0.5, 0.6) is 0 Å². The number of nitrogens with one attached hydrogen (secondary N) is 1. The molecule has 0 unspecified atom stereocenters. The third kappa shape index (κ3) is 4.16. The molecule has 2 aliphatic rings. The first-order valence-electron chi connectivity index (χ1n) is 9.20. The van der Waals surface area contributed by atoms with E-state index in [1.807, 2.05) is 18.5 Å². The van der Waals surface area contributed by atoms with Crippen molar-refractivity contribution in [1.82, 2.24) is 20.0 Å². The van der Waals surface area contributed by atoms with Gasteiger partial charge < -0.3 is 10.1 Å². The van der Waals surface area contributed by atoms with Crippen LogP contribution in [0.3, 0.4) is 0 Å². The van der Waals surface area contributed by atoms with Crippen molar-refractivity contribution in [1.29, 1.82) is 0 Å². The number of aryl methyl sites for hydroxylation is 2. The first kappa shape index (κ1) is 17.4. The zero-order valence-corrected chi connectivity index (χ0v) is 15.1. The summed E-state index contributed by atoms with van der Waals surface area (Å²) in [6.45, 7) is 9.09. The summed E-state index contributed by atoms with van der Waals surface area (Å²) in [6, 6.07) is 2.36. The van der Waals surface area contributed by atoms with Crippen LogP contribution in [-0.4, -0.2) is 58.5 Å². The Morgan fingerprint density at radius 3 is 2.83 bits per heavy atom. The number of hydrogen-bond acceptors (Lipinski definition) is 4. The van der Waals surface area contributed by atoms with Gasteiger partial charge in [-0.15, -0.1) is 0 Å². The predicted molar refractivity (Wildman–Crippen MR) is 92.9 cm³/mol. The second-order valence-corrected chi connectivity index (χ2v) is 7.26. The molecule has 2 heterocycles. The summed E-state index contributed by atoms with van der Waals surface area (Å²) in [4.78, 5) is 14.7. The maximum absolute atomic E-state index is 12.5. The summed E-state index contributed by atoms with van der Waals surface area (Å²) >= 11 is 0. The van der Waals surface area contributed by atoms with Crippen LogP contribution < -0.4 is 5.32 Å². The highest BCUT2D eigenvalue weighted by molar-refractivity contribution is 5.81. The van der Waals surface area contributed by atoms with Crippen molar-refractivity contribution in [3.63, 3.8) is 0 Å². The summed E-state index contributed by atoms with van der Waals surface area (Å²) in [6.07, 6.45) is 4.81. The number of rotatable bonds is 5. The van der Waals surface area contributed by atoms with Gasteiger partial charge >= 0.3 is 0 Å². The van der Waals surface area contributed by atoms with Gasteiger partial charge in [0.15, 0.2) is 0 Å². The molecule has 2 fully saturated rings. The number of morpholine rings is 1. The number of amides is 1. The summed E-state index contributed by atoms with van der Waals surface area (Å²) in [5.74, 6) is 0.161. The first-order valence-corrected chi connectivity index (χ1v) is 9.20. The van der Waals surface area contributed by atoms with Crippen LogP contribution in [0.15, 0.2) is 6.07 Å². The molecule has 0 radical (unpaired) electrons. The van der Waals surface area contributed by atoms with Gasteiger partial charge in [-0.1, -0.05) is 12.8 Å². The first-order chi connectivity index (χ1) is 11.5. The Balaban J connectivity index is 1.54. The van der Waals surface area contributed by atoms with E-state index in [-0.39, 0.29) is 18.1 Å². The lowest BCUT2D eigenvalue weighted by Gasteiger charge is -2.36. The average molecular weight is 334 g/mol. The fourth-order valence-electron chi connectivity index (χ4n) is 3.81. The van der Waals surface area contributed by atoms with E-state index in [0.29, 0.717) is 12.6 Å². The minimum Gasteiger partial charge on any atom is -0.374 e. The molecule has 1 N–H and O–H groups in total. The topological polar surface area (TPSA) is 59.4 Å². The number of nitrogens with zero attached hydrogens (tertiary/aromatic N) is 3. The zero-order chi connectivity index (χ0) is 17.1. The molecular formula is C18H30N4O2. The van der Waals surface area contributed by atoms with Gasteiger partial charge in [-0.3, -0.25) is 14.4 Å². The van der Waals surface area contributed by atoms with Gasteiger partial charge in [-0.2, -0.15) is 5.10 Å². The molecule has 0 spiro atoms. The second-order valence-electron chi connectivity index (χ2n) is 7.26. The summed E-state index contributed by atoms with van der Waals surface area (Å²) < 4.78 is 7.91. The lowest BCUT2D eigenvalue weighted by Crippen LogP contribution is -2.54. The van der Waals surface area contributed by atoms with Crippen LogP contribution >= 0.6 is 0 Å². The second kappa shape index (κ2) is 7.66. The van der Waals surface area contributed by atoms with Crippen molar-refractivity contribution >= 4 is 5.91 Å². The molecular weight excluding hydrogens is 304 g/mol. The van der Waals surface area contributed by atoms with Crippen LogP contribution in [0.25, 0.3) is 0 Å². The van der Waals surface area contributed by atoms with E-state index < -0.39 is 0 Å². The van der Waals surface area contributed by atoms with Crippen molar-refractivity contribution in [3.05, 3.63) is 17.5 Å². The number of carbonyl (C=O) groups is 1. The normalized spacial score (nSPS) is 24.2. The molecule has 3 rings (SSSR count). The van der Waals surface area contributed by atoms with Gasteiger partial charge in [0.25, 0.3) is 0 Å². The molecule has 6 nitrogen and oxygen atoms in total. The molecule has 1 aliphatic carbocycles. The molecule has 0 bridgehead atoms. The molecule has 1 saturated carbocycles. The summed E-state index contributed by atoms with van der Waals surface area (Å²) in [7, 11) is 0. The van der Waals surface area contributed by atoms with E-state index in [0.717, 1.165) is 43.9 Å². The smallest absolute Gasteiger partial charge is 0.237 e. The minimum absolute atomic E-state index is 0.0819. The lowest BCUT2D eigenvalue weighted by atomic mass is 10.1.